The fraction of sp³-hybridized carbons (Fsp3) is 0.944. The van der Waals surface area contributed by atoms with Gasteiger partial charge < -0.3 is 18.7 Å². The van der Waals surface area contributed by atoms with Gasteiger partial charge in [-0.2, -0.15) is 0 Å². The lowest BCUT2D eigenvalue weighted by molar-refractivity contribution is -0.260. The number of ether oxygens (including phenoxy) is 2. The van der Waals surface area contributed by atoms with E-state index in [9.17, 15) is 4.79 Å². The molecule has 5 atom stereocenters. The standard InChI is InChI=1S/C18H36O4Si/c1-13-12-16(22-23(7,8)18(4,5)6)17(21-15(13)3)20-14(2)10-9-11-19/h11,13-17H,9-10,12H2,1-8H3/t13-,14-,15+,16-,17-/m1/s1. The smallest absolute Gasteiger partial charge is 0.192 e. The van der Waals surface area contributed by atoms with E-state index >= 15 is 0 Å². The number of hydrogen-bond acceptors (Lipinski definition) is 4. The van der Waals surface area contributed by atoms with E-state index in [1.807, 2.05) is 6.92 Å². The van der Waals surface area contributed by atoms with Gasteiger partial charge in [-0.1, -0.05) is 27.7 Å². The summed E-state index contributed by atoms with van der Waals surface area (Å²) in [5.41, 5.74) is 0. The van der Waals surface area contributed by atoms with Crippen LogP contribution < -0.4 is 0 Å². The van der Waals surface area contributed by atoms with Crippen molar-refractivity contribution in [2.24, 2.45) is 5.92 Å². The highest BCUT2D eigenvalue weighted by Gasteiger charge is 2.44. The van der Waals surface area contributed by atoms with Crippen molar-refractivity contribution < 1.29 is 18.7 Å². The van der Waals surface area contributed by atoms with Gasteiger partial charge in [0.2, 0.25) is 0 Å². The molecule has 5 heteroatoms. The van der Waals surface area contributed by atoms with Crippen LogP contribution >= 0.6 is 0 Å². The number of carbonyl (C=O) groups excluding carboxylic acids is 1. The highest BCUT2D eigenvalue weighted by molar-refractivity contribution is 6.74. The summed E-state index contributed by atoms with van der Waals surface area (Å²) in [7, 11) is -1.88. The maximum absolute atomic E-state index is 10.6. The molecule has 0 bridgehead atoms. The van der Waals surface area contributed by atoms with Gasteiger partial charge in [-0.3, -0.25) is 0 Å². The van der Waals surface area contributed by atoms with Crippen molar-refractivity contribution in [3.8, 4) is 0 Å². The van der Waals surface area contributed by atoms with Gasteiger partial charge >= 0.3 is 0 Å². The Balaban J connectivity index is 2.80. The van der Waals surface area contributed by atoms with E-state index in [0.29, 0.717) is 12.3 Å². The number of carbonyl (C=O) groups is 1. The average molecular weight is 345 g/mol. The van der Waals surface area contributed by atoms with E-state index in [2.05, 4.69) is 47.7 Å². The van der Waals surface area contributed by atoms with Gasteiger partial charge in [0.25, 0.3) is 0 Å². The molecule has 1 aliphatic heterocycles. The Morgan fingerprint density at radius 1 is 1.30 bits per heavy atom. The van der Waals surface area contributed by atoms with E-state index in [1.165, 1.54) is 0 Å². The minimum Gasteiger partial charge on any atom is -0.409 e. The molecule has 4 nitrogen and oxygen atoms in total. The molecule has 23 heavy (non-hydrogen) atoms. The van der Waals surface area contributed by atoms with Crippen LogP contribution in [0.25, 0.3) is 0 Å². The molecule has 0 spiro atoms. The summed E-state index contributed by atoms with van der Waals surface area (Å²) in [5, 5.41) is 0.160. The summed E-state index contributed by atoms with van der Waals surface area (Å²) in [6, 6.07) is 0. The van der Waals surface area contributed by atoms with Crippen LogP contribution in [0.1, 0.15) is 60.8 Å². The fourth-order valence-electron chi connectivity index (χ4n) is 2.48. The van der Waals surface area contributed by atoms with Gasteiger partial charge in [-0.05, 0) is 50.7 Å². The first-order valence-electron chi connectivity index (χ1n) is 8.90. The first-order valence-corrected chi connectivity index (χ1v) is 11.8. The number of aldehydes is 1. The summed E-state index contributed by atoms with van der Waals surface area (Å²) in [4.78, 5) is 10.6. The van der Waals surface area contributed by atoms with Crippen molar-refractivity contribution in [1.82, 2.24) is 0 Å². The maximum atomic E-state index is 10.6. The molecule has 1 aliphatic rings. The van der Waals surface area contributed by atoms with Gasteiger partial charge in [-0.15, -0.1) is 0 Å². The Hall–Kier alpha value is -0.233. The molecule has 136 valence electrons. The average Bonchev–Trinajstić information content (AvgIpc) is 2.40. The third-order valence-electron chi connectivity index (χ3n) is 5.37. The van der Waals surface area contributed by atoms with Crippen LogP contribution in [0, 0.1) is 5.92 Å². The molecule has 0 unspecified atom stereocenters. The summed E-state index contributed by atoms with van der Waals surface area (Å²) in [6.07, 6.45) is 2.94. The van der Waals surface area contributed by atoms with Crippen LogP contribution in [0.3, 0.4) is 0 Å². The minimum atomic E-state index is -1.88. The first kappa shape index (κ1) is 20.8. The van der Waals surface area contributed by atoms with Crippen molar-refractivity contribution in [3.05, 3.63) is 0 Å². The van der Waals surface area contributed by atoms with Crippen LogP contribution in [0.15, 0.2) is 0 Å². The second-order valence-electron chi connectivity index (χ2n) is 8.53. The number of rotatable bonds is 7. The predicted molar refractivity (Wildman–Crippen MR) is 96.0 cm³/mol. The lowest BCUT2D eigenvalue weighted by Crippen LogP contribution is -2.53. The molecule has 1 saturated heterocycles. The van der Waals surface area contributed by atoms with Crippen LogP contribution in [-0.2, 0) is 18.7 Å². The highest BCUT2D eigenvalue weighted by Crippen LogP contribution is 2.40. The van der Waals surface area contributed by atoms with Crippen molar-refractivity contribution in [2.45, 2.75) is 104 Å². The molecule has 1 heterocycles. The molecule has 1 fully saturated rings. The van der Waals surface area contributed by atoms with Crippen LogP contribution in [0.4, 0.5) is 0 Å². The topological polar surface area (TPSA) is 44.8 Å². The summed E-state index contributed by atoms with van der Waals surface area (Å²) >= 11 is 0. The molecule has 1 rings (SSSR count). The molecule has 0 aromatic heterocycles. The molecular formula is C18H36O4Si. The van der Waals surface area contributed by atoms with E-state index in [1.54, 1.807) is 0 Å². The summed E-state index contributed by atoms with van der Waals surface area (Å²) in [5.74, 6) is 0.454. The summed E-state index contributed by atoms with van der Waals surface area (Å²) in [6.45, 7) is 17.6. The van der Waals surface area contributed by atoms with Gasteiger partial charge in [-0.25, -0.2) is 0 Å². The Bertz CT molecular complexity index is 378. The third kappa shape index (κ3) is 5.96. The van der Waals surface area contributed by atoms with Crippen molar-refractivity contribution in [1.29, 1.82) is 0 Å². The Morgan fingerprint density at radius 2 is 1.91 bits per heavy atom. The molecule has 0 radical (unpaired) electrons. The van der Waals surface area contributed by atoms with Crippen molar-refractivity contribution >= 4 is 14.6 Å². The number of hydrogen-bond donors (Lipinski definition) is 0. The Labute approximate surface area is 143 Å². The van der Waals surface area contributed by atoms with Gasteiger partial charge in [0.1, 0.15) is 6.29 Å². The maximum Gasteiger partial charge on any atom is 0.192 e. The van der Waals surface area contributed by atoms with Crippen LogP contribution in [-0.4, -0.2) is 39.2 Å². The minimum absolute atomic E-state index is 0.00341. The first-order chi connectivity index (χ1) is 10.5. The molecule has 0 N–H and O–H groups in total. The lowest BCUT2D eigenvalue weighted by atomic mass is 9.95. The predicted octanol–water partition coefficient (Wildman–Crippen LogP) is 4.53. The van der Waals surface area contributed by atoms with E-state index < -0.39 is 8.32 Å². The zero-order valence-electron chi connectivity index (χ0n) is 16.2. The van der Waals surface area contributed by atoms with E-state index in [0.717, 1.165) is 19.1 Å². The second kappa shape index (κ2) is 8.23. The zero-order valence-corrected chi connectivity index (χ0v) is 17.2. The lowest BCUT2D eigenvalue weighted by Gasteiger charge is -2.45. The molecular weight excluding hydrogens is 308 g/mol. The second-order valence-corrected chi connectivity index (χ2v) is 13.3. The van der Waals surface area contributed by atoms with Crippen LogP contribution in [0.2, 0.25) is 18.1 Å². The molecule has 0 aromatic rings. The Kier molecular flexibility index (Phi) is 7.45. The largest absolute Gasteiger partial charge is 0.409 e. The summed E-state index contributed by atoms with van der Waals surface area (Å²) < 4.78 is 18.8. The van der Waals surface area contributed by atoms with Gasteiger partial charge in [0, 0.05) is 6.42 Å². The van der Waals surface area contributed by atoms with Crippen LogP contribution in [0.5, 0.6) is 0 Å². The monoisotopic (exact) mass is 344 g/mol. The molecule has 0 saturated carbocycles. The Morgan fingerprint density at radius 3 is 2.43 bits per heavy atom. The van der Waals surface area contributed by atoms with E-state index in [-0.39, 0.29) is 29.6 Å². The highest BCUT2D eigenvalue weighted by atomic mass is 28.4. The van der Waals surface area contributed by atoms with Crippen molar-refractivity contribution in [3.63, 3.8) is 0 Å². The fourth-order valence-corrected chi connectivity index (χ4v) is 3.80. The normalized spacial score (nSPS) is 31.0. The van der Waals surface area contributed by atoms with Gasteiger partial charge in [0.15, 0.2) is 14.6 Å². The van der Waals surface area contributed by atoms with Crippen molar-refractivity contribution in [2.75, 3.05) is 0 Å². The zero-order chi connectivity index (χ0) is 17.8. The molecule has 0 aromatic carbocycles. The van der Waals surface area contributed by atoms with Gasteiger partial charge in [0.05, 0.1) is 18.3 Å². The third-order valence-corrected chi connectivity index (χ3v) is 9.87. The SMILES string of the molecule is C[C@H](CCC=O)O[C@@H]1O[C@@H](C)[C@H](C)C[C@H]1O[Si](C)(C)C(C)(C)C. The molecule has 0 aliphatic carbocycles. The molecule has 0 amide bonds. The van der Waals surface area contributed by atoms with E-state index in [4.69, 9.17) is 13.9 Å². The quantitative estimate of drug-likeness (QED) is 0.503.